The van der Waals surface area contributed by atoms with Gasteiger partial charge in [0.25, 0.3) is 5.91 Å². The van der Waals surface area contributed by atoms with Gasteiger partial charge in [0, 0.05) is 17.5 Å². The first-order valence-electron chi connectivity index (χ1n) is 10.0. The average molecular weight is 403 g/mol. The van der Waals surface area contributed by atoms with Gasteiger partial charge in [0.1, 0.15) is 5.82 Å². The molecule has 3 heterocycles. The van der Waals surface area contributed by atoms with Crippen LogP contribution in [0.4, 0.5) is 5.82 Å². The minimum Gasteiger partial charge on any atom is -0.306 e. The van der Waals surface area contributed by atoms with E-state index in [2.05, 4.69) is 40.4 Å². The fourth-order valence-electron chi connectivity index (χ4n) is 3.72. The maximum absolute atomic E-state index is 13.1. The number of rotatable bonds is 4. The lowest BCUT2D eigenvalue weighted by molar-refractivity contribution is 0.102. The monoisotopic (exact) mass is 402 g/mol. The fourth-order valence-corrected chi connectivity index (χ4v) is 3.72. The van der Waals surface area contributed by atoms with Crippen LogP contribution in [-0.4, -0.2) is 30.5 Å². The first kappa shape index (κ1) is 19.8. The van der Waals surface area contributed by atoms with Gasteiger partial charge in [0.15, 0.2) is 5.65 Å². The number of amides is 1. The molecular weight excluding hydrogens is 376 g/mol. The predicted molar refractivity (Wildman–Crippen MR) is 118 cm³/mol. The molecule has 0 radical (unpaired) electrons. The van der Waals surface area contributed by atoms with Gasteiger partial charge in [0.2, 0.25) is 0 Å². The van der Waals surface area contributed by atoms with Crippen LogP contribution in [0.15, 0.2) is 36.5 Å². The van der Waals surface area contributed by atoms with Crippen LogP contribution in [0, 0.1) is 27.7 Å². The summed E-state index contributed by atoms with van der Waals surface area (Å²) in [6.45, 7) is 12.0. The largest absolute Gasteiger partial charge is 0.306 e. The Kier molecular flexibility index (Phi) is 4.89. The molecule has 4 aromatic rings. The van der Waals surface area contributed by atoms with Gasteiger partial charge in [0.05, 0.1) is 28.8 Å². The van der Waals surface area contributed by atoms with Crippen molar-refractivity contribution in [2.75, 3.05) is 5.32 Å². The van der Waals surface area contributed by atoms with Gasteiger partial charge in [-0.15, -0.1) is 0 Å². The van der Waals surface area contributed by atoms with E-state index >= 15 is 0 Å². The lowest BCUT2D eigenvalue weighted by atomic mass is 10.1. The Morgan fingerprint density at radius 2 is 1.70 bits per heavy atom. The molecule has 154 valence electrons. The van der Waals surface area contributed by atoms with Gasteiger partial charge in [-0.2, -0.15) is 10.2 Å². The van der Waals surface area contributed by atoms with E-state index in [4.69, 9.17) is 0 Å². The van der Waals surface area contributed by atoms with Gasteiger partial charge < -0.3 is 5.32 Å². The van der Waals surface area contributed by atoms with Crippen LogP contribution in [0.25, 0.3) is 16.7 Å². The van der Waals surface area contributed by atoms with Crippen LogP contribution in [0.5, 0.6) is 0 Å². The molecule has 1 amide bonds. The van der Waals surface area contributed by atoms with Crippen molar-refractivity contribution in [2.45, 2.75) is 47.6 Å². The van der Waals surface area contributed by atoms with Crippen LogP contribution in [0.2, 0.25) is 0 Å². The van der Waals surface area contributed by atoms with Crippen molar-refractivity contribution >= 4 is 22.8 Å². The Balaban J connectivity index is 1.70. The second-order valence-corrected chi connectivity index (χ2v) is 8.10. The van der Waals surface area contributed by atoms with E-state index in [0.717, 1.165) is 33.5 Å². The summed E-state index contributed by atoms with van der Waals surface area (Å²) in [6.07, 6.45) is 1.75. The van der Waals surface area contributed by atoms with Gasteiger partial charge in [-0.3, -0.25) is 4.79 Å². The van der Waals surface area contributed by atoms with Gasteiger partial charge >= 0.3 is 0 Å². The fraction of sp³-hybridized carbons (Fsp3) is 0.304. The Morgan fingerprint density at radius 3 is 2.37 bits per heavy atom. The zero-order valence-electron chi connectivity index (χ0n) is 18.2. The topological polar surface area (TPSA) is 77.6 Å². The predicted octanol–water partition coefficient (Wildman–Crippen LogP) is 4.68. The number of hydrogen-bond acceptors (Lipinski definition) is 4. The lowest BCUT2D eigenvalue weighted by Crippen LogP contribution is -2.17. The van der Waals surface area contributed by atoms with Crippen molar-refractivity contribution in [3.8, 4) is 5.69 Å². The minimum absolute atomic E-state index is 0.198. The third-order valence-electron chi connectivity index (χ3n) is 5.02. The number of aryl methyl sites for hydroxylation is 4. The van der Waals surface area contributed by atoms with Crippen LogP contribution >= 0.6 is 0 Å². The summed E-state index contributed by atoms with van der Waals surface area (Å²) in [5, 5.41) is 12.8. The molecule has 0 aliphatic carbocycles. The highest BCUT2D eigenvalue weighted by Gasteiger charge is 2.18. The standard InChI is InChI=1S/C23H26N6O/c1-13(2)28-22-18(12-24-28)11-20(17(6)25-22)23(30)26-21-10-16(5)27-29(21)19-8-14(3)7-15(4)9-19/h7-13H,1-6H3,(H,26,30). The molecule has 7 heteroatoms. The number of nitrogens with zero attached hydrogens (tertiary/aromatic N) is 5. The van der Waals surface area contributed by atoms with Crippen molar-refractivity contribution in [1.82, 2.24) is 24.5 Å². The third kappa shape index (κ3) is 3.58. The van der Waals surface area contributed by atoms with E-state index in [1.165, 1.54) is 0 Å². The van der Waals surface area contributed by atoms with Crippen molar-refractivity contribution in [3.05, 3.63) is 64.6 Å². The molecule has 0 aliphatic rings. The maximum Gasteiger partial charge on any atom is 0.258 e. The first-order valence-corrected chi connectivity index (χ1v) is 10.0. The molecule has 0 fully saturated rings. The number of aromatic nitrogens is 5. The average Bonchev–Trinajstić information content (AvgIpc) is 3.23. The minimum atomic E-state index is -0.218. The quantitative estimate of drug-likeness (QED) is 0.537. The van der Waals surface area contributed by atoms with E-state index in [-0.39, 0.29) is 11.9 Å². The van der Waals surface area contributed by atoms with Crippen LogP contribution in [-0.2, 0) is 0 Å². The van der Waals surface area contributed by atoms with Crippen molar-refractivity contribution in [2.24, 2.45) is 0 Å². The number of benzene rings is 1. The molecule has 0 atom stereocenters. The number of nitrogens with one attached hydrogen (secondary N) is 1. The Hall–Kier alpha value is -3.48. The number of anilines is 1. The smallest absolute Gasteiger partial charge is 0.258 e. The maximum atomic E-state index is 13.1. The summed E-state index contributed by atoms with van der Waals surface area (Å²) < 4.78 is 3.63. The molecule has 1 N–H and O–H groups in total. The SMILES string of the molecule is Cc1cc(C)cc(-n2nc(C)cc2NC(=O)c2cc3cnn(C(C)C)c3nc2C)c1. The van der Waals surface area contributed by atoms with Gasteiger partial charge in [-0.1, -0.05) is 6.07 Å². The second kappa shape index (κ2) is 7.40. The first-order chi connectivity index (χ1) is 14.2. The molecule has 0 aliphatic heterocycles. The van der Waals surface area contributed by atoms with Crippen molar-refractivity contribution < 1.29 is 4.79 Å². The molecule has 0 spiro atoms. The van der Waals surface area contributed by atoms with Crippen molar-refractivity contribution in [3.63, 3.8) is 0 Å². The molecule has 1 aromatic carbocycles. The van der Waals surface area contributed by atoms with Gasteiger partial charge in [-0.05, 0) is 70.9 Å². The van der Waals surface area contributed by atoms with Crippen LogP contribution < -0.4 is 5.32 Å². The molecular formula is C23H26N6O. The number of fused-ring (bicyclic) bond motifs is 1. The molecule has 30 heavy (non-hydrogen) atoms. The van der Waals surface area contributed by atoms with E-state index in [1.54, 1.807) is 10.9 Å². The highest BCUT2D eigenvalue weighted by atomic mass is 16.1. The van der Waals surface area contributed by atoms with Gasteiger partial charge in [-0.25, -0.2) is 14.3 Å². The molecule has 0 unspecified atom stereocenters. The summed E-state index contributed by atoms with van der Waals surface area (Å²) in [5.41, 5.74) is 6.00. The van der Waals surface area contributed by atoms with E-state index < -0.39 is 0 Å². The summed E-state index contributed by atoms with van der Waals surface area (Å²) in [7, 11) is 0. The number of hydrogen-bond donors (Lipinski definition) is 1. The highest BCUT2D eigenvalue weighted by Crippen LogP contribution is 2.23. The Labute approximate surface area is 175 Å². The van der Waals surface area contributed by atoms with E-state index in [9.17, 15) is 4.79 Å². The number of carbonyl (C=O) groups excluding carboxylic acids is 1. The van der Waals surface area contributed by atoms with Crippen LogP contribution in [0.3, 0.4) is 0 Å². The third-order valence-corrected chi connectivity index (χ3v) is 5.02. The highest BCUT2D eigenvalue weighted by molar-refractivity contribution is 6.06. The van der Waals surface area contributed by atoms with E-state index in [0.29, 0.717) is 17.1 Å². The molecule has 0 saturated heterocycles. The second-order valence-electron chi connectivity index (χ2n) is 8.10. The van der Waals surface area contributed by atoms with Crippen molar-refractivity contribution in [1.29, 1.82) is 0 Å². The molecule has 4 rings (SSSR count). The summed E-state index contributed by atoms with van der Waals surface area (Å²) in [5.74, 6) is 0.407. The lowest BCUT2D eigenvalue weighted by Gasteiger charge is -2.12. The molecule has 0 bridgehead atoms. The molecule has 0 saturated carbocycles. The van der Waals surface area contributed by atoms with E-state index in [1.807, 2.05) is 56.6 Å². The molecule has 7 nitrogen and oxygen atoms in total. The van der Waals surface area contributed by atoms with Crippen LogP contribution in [0.1, 0.15) is 52.8 Å². The molecule has 3 aromatic heterocycles. The zero-order chi connectivity index (χ0) is 21.6. The summed E-state index contributed by atoms with van der Waals surface area (Å²) >= 11 is 0. The summed E-state index contributed by atoms with van der Waals surface area (Å²) in [6, 6.07) is 10.1. The zero-order valence-corrected chi connectivity index (χ0v) is 18.2. The Morgan fingerprint density at radius 1 is 1.00 bits per heavy atom. The number of carbonyl (C=O) groups is 1. The Bertz CT molecular complexity index is 1240. The normalized spacial score (nSPS) is 11.4. The summed E-state index contributed by atoms with van der Waals surface area (Å²) in [4.78, 5) is 17.8. The number of pyridine rings is 1.